The van der Waals surface area contributed by atoms with Gasteiger partial charge in [-0.15, -0.1) is 0 Å². The normalized spacial score (nSPS) is 10.7. The van der Waals surface area contributed by atoms with Crippen LogP contribution in [-0.4, -0.2) is 26.8 Å². The van der Waals surface area contributed by atoms with E-state index < -0.39 is 21.8 Å². The fourth-order valence-electron chi connectivity index (χ4n) is 2.44. The van der Waals surface area contributed by atoms with Crippen molar-refractivity contribution in [1.29, 1.82) is 0 Å². The van der Waals surface area contributed by atoms with E-state index in [0.717, 1.165) is 0 Å². The number of hydrogen-bond donors (Lipinski definition) is 3. The summed E-state index contributed by atoms with van der Waals surface area (Å²) in [6, 6.07) is 20.2. The Hall–Kier alpha value is -3.56. The van der Waals surface area contributed by atoms with Gasteiger partial charge in [-0.1, -0.05) is 35.9 Å². The van der Waals surface area contributed by atoms with Gasteiger partial charge in [0.2, 0.25) is 0 Å². The first-order valence-electron chi connectivity index (χ1n) is 8.99. The first-order valence-corrected chi connectivity index (χ1v) is 10.8. The molecule has 0 heterocycles. The average Bonchev–Trinajstić information content (AvgIpc) is 2.78. The molecule has 0 aliphatic rings. The molecule has 0 aliphatic heterocycles. The molecule has 160 valence electrons. The summed E-state index contributed by atoms with van der Waals surface area (Å²) in [5.41, 5.74) is 4.80. The quantitative estimate of drug-likeness (QED) is 0.470. The van der Waals surface area contributed by atoms with Gasteiger partial charge >= 0.3 is 0 Å². The maximum absolute atomic E-state index is 12.6. The second-order valence-corrected chi connectivity index (χ2v) is 8.36. The summed E-state index contributed by atoms with van der Waals surface area (Å²) in [5, 5.41) is 0.470. The van der Waals surface area contributed by atoms with Crippen LogP contribution in [0.1, 0.15) is 10.4 Å². The Kier molecular flexibility index (Phi) is 7.11. The number of para-hydroxylation sites is 1. The fraction of sp³-hybridized carbons (Fsp3) is 0.0476. The SMILES string of the molecule is O=C(COc1ccccc1)NNC(=O)c1cccc(S(=O)(=O)Nc2ccc(Cl)cc2)c1. The van der Waals surface area contributed by atoms with Gasteiger partial charge in [0.25, 0.3) is 21.8 Å². The Morgan fingerprint density at radius 3 is 2.29 bits per heavy atom. The maximum Gasteiger partial charge on any atom is 0.276 e. The number of hydrogen-bond acceptors (Lipinski definition) is 5. The van der Waals surface area contributed by atoms with Crippen molar-refractivity contribution in [2.45, 2.75) is 4.90 Å². The van der Waals surface area contributed by atoms with Gasteiger partial charge < -0.3 is 4.74 Å². The molecular formula is C21H18ClN3O5S. The average molecular weight is 460 g/mol. The number of carbonyl (C=O) groups is 2. The topological polar surface area (TPSA) is 114 Å². The molecule has 0 spiro atoms. The van der Waals surface area contributed by atoms with E-state index >= 15 is 0 Å². The van der Waals surface area contributed by atoms with Crippen molar-refractivity contribution >= 4 is 39.1 Å². The lowest BCUT2D eigenvalue weighted by molar-refractivity contribution is -0.123. The molecular weight excluding hydrogens is 442 g/mol. The smallest absolute Gasteiger partial charge is 0.276 e. The van der Waals surface area contributed by atoms with E-state index in [1.807, 2.05) is 6.07 Å². The number of halogens is 1. The molecule has 2 amide bonds. The molecule has 0 aliphatic carbocycles. The lowest BCUT2D eigenvalue weighted by Crippen LogP contribution is -2.43. The second kappa shape index (κ2) is 9.96. The zero-order chi connectivity index (χ0) is 22.3. The third-order valence-corrected chi connectivity index (χ3v) is 5.56. The van der Waals surface area contributed by atoms with Gasteiger partial charge in [0.1, 0.15) is 5.75 Å². The number of amides is 2. The maximum atomic E-state index is 12.6. The molecule has 0 saturated heterocycles. The number of hydrazine groups is 1. The van der Waals surface area contributed by atoms with Crippen LogP contribution in [0.5, 0.6) is 5.75 Å². The molecule has 3 rings (SSSR count). The van der Waals surface area contributed by atoms with Crippen LogP contribution in [0.2, 0.25) is 5.02 Å². The van der Waals surface area contributed by atoms with Crippen molar-refractivity contribution in [3.8, 4) is 5.75 Å². The van der Waals surface area contributed by atoms with Crippen molar-refractivity contribution in [3.63, 3.8) is 0 Å². The predicted octanol–water partition coefficient (Wildman–Crippen LogP) is 2.98. The summed E-state index contributed by atoms with van der Waals surface area (Å²) >= 11 is 5.80. The van der Waals surface area contributed by atoms with Gasteiger partial charge in [0.15, 0.2) is 6.61 Å². The fourth-order valence-corrected chi connectivity index (χ4v) is 3.67. The highest BCUT2D eigenvalue weighted by atomic mass is 35.5. The Bertz CT molecular complexity index is 1170. The van der Waals surface area contributed by atoms with Gasteiger partial charge in [0.05, 0.1) is 4.90 Å². The molecule has 0 aromatic heterocycles. The largest absolute Gasteiger partial charge is 0.484 e. The number of benzene rings is 3. The second-order valence-electron chi connectivity index (χ2n) is 6.24. The van der Waals surface area contributed by atoms with Crippen molar-refractivity contribution < 1.29 is 22.7 Å². The number of anilines is 1. The molecule has 3 aromatic carbocycles. The Balaban J connectivity index is 1.59. The van der Waals surface area contributed by atoms with Crippen LogP contribution in [-0.2, 0) is 14.8 Å². The Labute approximate surface area is 184 Å². The molecule has 0 bridgehead atoms. The van der Waals surface area contributed by atoms with Gasteiger partial charge in [-0.2, -0.15) is 0 Å². The molecule has 8 nitrogen and oxygen atoms in total. The first kappa shape index (κ1) is 22.1. The van der Waals surface area contributed by atoms with Crippen LogP contribution >= 0.6 is 11.6 Å². The monoisotopic (exact) mass is 459 g/mol. The number of carbonyl (C=O) groups excluding carboxylic acids is 2. The molecule has 3 N–H and O–H groups in total. The van der Waals surface area contributed by atoms with Crippen LogP contribution in [0.3, 0.4) is 0 Å². The van der Waals surface area contributed by atoms with Crippen LogP contribution in [0.4, 0.5) is 5.69 Å². The zero-order valence-corrected chi connectivity index (χ0v) is 17.6. The van der Waals surface area contributed by atoms with Gasteiger partial charge in [0, 0.05) is 16.3 Å². The van der Waals surface area contributed by atoms with Crippen molar-refractivity contribution in [2.24, 2.45) is 0 Å². The standard InChI is InChI=1S/C21H18ClN3O5S/c22-16-9-11-17(12-10-16)25-31(28,29)19-8-4-5-15(13-19)21(27)24-23-20(26)14-30-18-6-2-1-3-7-18/h1-13,25H,14H2,(H,23,26)(H,24,27). The number of rotatable bonds is 7. The summed E-state index contributed by atoms with van der Waals surface area (Å²) in [6.07, 6.45) is 0. The molecule has 0 unspecified atom stereocenters. The Morgan fingerprint density at radius 2 is 1.58 bits per heavy atom. The van der Waals surface area contributed by atoms with Gasteiger partial charge in [-0.3, -0.25) is 25.2 Å². The zero-order valence-electron chi connectivity index (χ0n) is 16.0. The minimum absolute atomic E-state index is 0.0447. The Morgan fingerprint density at radius 1 is 0.871 bits per heavy atom. The highest BCUT2D eigenvalue weighted by Crippen LogP contribution is 2.19. The van der Waals surface area contributed by atoms with E-state index in [0.29, 0.717) is 16.5 Å². The molecule has 31 heavy (non-hydrogen) atoms. The van der Waals surface area contributed by atoms with E-state index in [9.17, 15) is 18.0 Å². The molecule has 0 saturated carbocycles. The molecule has 0 fully saturated rings. The molecule has 0 radical (unpaired) electrons. The van der Waals surface area contributed by atoms with E-state index in [1.54, 1.807) is 36.4 Å². The van der Waals surface area contributed by atoms with Crippen molar-refractivity contribution in [2.75, 3.05) is 11.3 Å². The van der Waals surface area contributed by atoms with Crippen LogP contribution in [0, 0.1) is 0 Å². The van der Waals surface area contributed by atoms with E-state index in [-0.39, 0.29) is 17.1 Å². The summed E-state index contributed by atoms with van der Waals surface area (Å²) < 4.78 is 32.9. The van der Waals surface area contributed by atoms with Crippen molar-refractivity contribution in [1.82, 2.24) is 10.9 Å². The summed E-state index contributed by atoms with van der Waals surface area (Å²) in [6.45, 7) is -0.302. The molecule has 3 aromatic rings. The van der Waals surface area contributed by atoms with Gasteiger partial charge in [-0.25, -0.2) is 8.42 Å². The summed E-state index contributed by atoms with van der Waals surface area (Å²) in [7, 11) is -3.93. The highest BCUT2D eigenvalue weighted by molar-refractivity contribution is 7.92. The number of sulfonamides is 1. The minimum atomic E-state index is -3.93. The van der Waals surface area contributed by atoms with E-state index in [4.69, 9.17) is 16.3 Å². The number of ether oxygens (including phenoxy) is 1. The van der Waals surface area contributed by atoms with Crippen molar-refractivity contribution in [3.05, 3.63) is 89.4 Å². The van der Waals surface area contributed by atoms with E-state index in [1.165, 1.54) is 36.4 Å². The number of nitrogens with one attached hydrogen (secondary N) is 3. The molecule has 10 heteroatoms. The minimum Gasteiger partial charge on any atom is -0.484 e. The third-order valence-electron chi connectivity index (χ3n) is 3.93. The van der Waals surface area contributed by atoms with E-state index in [2.05, 4.69) is 15.6 Å². The summed E-state index contributed by atoms with van der Waals surface area (Å²) in [4.78, 5) is 24.0. The highest BCUT2D eigenvalue weighted by Gasteiger charge is 2.17. The predicted molar refractivity (Wildman–Crippen MR) is 116 cm³/mol. The van der Waals surface area contributed by atoms with Gasteiger partial charge in [-0.05, 0) is 54.6 Å². The van der Waals surface area contributed by atoms with Crippen LogP contribution in [0.15, 0.2) is 83.8 Å². The summed E-state index contributed by atoms with van der Waals surface area (Å²) in [5.74, 6) is -0.753. The first-order chi connectivity index (χ1) is 14.8. The molecule has 0 atom stereocenters. The van der Waals surface area contributed by atoms with Crippen LogP contribution in [0.25, 0.3) is 0 Å². The lowest BCUT2D eigenvalue weighted by Gasteiger charge is -2.11. The lowest BCUT2D eigenvalue weighted by atomic mass is 10.2. The third kappa shape index (κ3) is 6.46. The van der Waals surface area contributed by atoms with Crippen LogP contribution < -0.4 is 20.3 Å².